The standard InChI is InChI=1S/C15H22N2O3/c1-2-6-12(14(18)19)16-15(20)17-10-5-8-11-7-3-4-9-13(11)17/h1,11-13H,3-10H2,(H,16,20)(H,18,19)/t11-,12?,13-/m1/s1. The van der Waals surface area contributed by atoms with E-state index in [0.29, 0.717) is 5.92 Å². The average molecular weight is 278 g/mol. The van der Waals surface area contributed by atoms with E-state index >= 15 is 0 Å². The normalized spacial score (nSPS) is 27.1. The van der Waals surface area contributed by atoms with Gasteiger partial charge in [0.1, 0.15) is 6.04 Å². The molecule has 5 nitrogen and oxygen atoms in total. The van der Waals surface area contributed by atoms with E-state index in [2.05, 4.69) is 11.2 Å². The van der Waals surface area contributed by atoms with Gasteiger partial charge < -0.3 is 15.3 Å². The summed E-state index contributed by atoms with van der Waals surface area (Å²) in [5.41, 5.74) is 0. The number of aliphatic carboxylic acids is 1. The molecule has 2 amide bonds. The summed E-state index contributed by atoms with van der Waals surface area (Å²) in [5.74, 6) is 1.81. The third kappa shape index (κ3) is 3.24. The molecule has 2 N–H and O–H groups in total. The number of fused-ring (bicyclic) bond motifs is 1. The third-order valence-electron chi connectivity index (χ3n) is 4.42. The van der Waals surface area contributed by atoms with E-state index in [1.165, 1.54) is 19.3 Å². The van der Waals surface area contributed by atoms with Crippen molar-refractivity contribution >= 4 is 12.0 Å². The van der Waals surface area contributed by atoms with Gasteiger partial charge >= 0.3 is 12.0 Å². The van der Waals surface area contributed by atoms with Crippen molar-refractivity contribution < 1.29 is 14.7 Å². The Hall–Kier alpha value is -1.70. The van der Waals surface area contributed by atoms with E-state index in [1.807, 2.05) is 4.90 Å². The lowest BCUT2D eigenvalue weighted by molar-refractivity contribution is -0.139. The van der Waals surface area contributed by atoms with E-state index in [9.17, 15) is 9.59 Å². The molecule has 0 radical (unpaired) electrons. The number of likely N-dealkylation sites (tertiary alicyclic amines) is 1. The van der Waals surface area contributed by atoms with Crippen LogP contribution in [0, 0.1) is 18.3 Å². The van der Waals surface area contributed by atoms with Crippen molar-refractivity contribution in [3.05, 3.63) is 0 Å². The summed E-state index contributed by atoms with van der Waals surface area (Å²) >= 11 is 0. The third-order valence-corrected chi connectivity index (χ3v) is 4.42. The predicted molar refractivity (Wildman–Crippen MR) is 75.1 cm³/mol. The van der Waals surface area contributed by atoms with E-state index in [0.717, 1.165) is 25.8 Å². The van der Waals surface area contributed by atoms with Gasteiger partial charge in [-0.15, -0.1) is 12.3 Å². The molecule has 20 heavy (non-hydrogen) atoms. The molecular formula is C15H22N2O3. The van der Waals surface area contributed by atoms with Crippen LogP contribution in [0.4, 0.5) is 4.79 Å². The summed E-state index contributed by atoms with van der Waals surface area (Å²) in [6, 6.07) is -0.988. The summed E-state index contributed by atoms with van der Waals surface area (Å²) < 4.78 is 0. The Kier molecular flexibility index (Phi) is 4.89. The van der Waals surface area contributed by atoms with Crippen molar-refractivity contribution in [1.29, 1.82) is 0 Å². The van der Waals surface area contributed by atoms with Gasteiger partial charge in [0, 0.05) is 19.0 Å². The Bertz CT molecular complexity index is 414. The van der Waals surface area contributed by atoms with Crippen molar-refractivity contribution in [3.8, 4) is 12.3 Å². The van der Waals surface area contributed by atoms with Gasteiger partial charge in [0.05, 0.1) is 0 Å². The molecule has 1 aliphatic carbocycles. The highest BCUT2D eigenvalue weighted by atomic mass is 16.4. The van der Waals surface area contributed by atoms with Crippen LogP contribution in [0.25, 0.3) is 0 Å². The van der Waals surface area contributed by atoms with Gasteiger partial charge in [-0.3, -0.25) is 0 Å². The molecule has 0 aromatic rings. The van der Waals surface area contributed by atoms with E-state index in [4.69, 9.17) is 11.5 Å². The molecule has 1 saturated heterocycles. The first kappa shape index (κ1) is 14.7. The highest BCUT2D eigenvalue weighted by molar-refractivity contribution is 5.83. The summed E-state index contributed by atoms with van der Waals surface area (Å²) in [6.07, 6.45) is 12.0. The second-order valence-electron chi connectivity index (χ2n) is 5.70. The number of carbonyl (C=O) groups is 2. The maximum Gasteiger partial charge on any atom is 0.327 e. The van der Waals surface area contributed by atoms with Gasteiger partial charge in [0.2, 0.25) is 0 Å². The zero-order chi connectivity index (χ0) is 14.5. The molecule has 110 valence electrons. The van der Waals surface area contributed by atoms with Crippen molar-refractivity contribution in [2.75, 3.05) is 6.54 Å². The van der Waals surface area contributed by atoms with Crippen molar-refractivity contribution in [2.24, 2.45) is 5.92 Å². The maximum absolute atomic E-state index is 12.3. The van der Waals surface area contributed by atoms with Crippen molar-refractivity contribution in [3.63, 3.8) is 0 Å². The first-order valence-electron chi connectivity index (χ1n) is 7.37. The Balaban J connectivity index is 2.00. The van der Waals surface area contributed by atoms with Gasteiger partial charge in [0.15, 0.2) is 0 Å². The van der Waals surface area contributed by atoms with E-state index in [1.54, 1.807) is 0 Å². The number of terminal acetylenes is 1. The molecule has 5 heteroatoms. The maximum atomic E-state index is 12.3. The largest absolute Gasteiger partial charge is 0.480 e. The van der Waals surface area contributed by atoms with Crippen LogP contribution in [0.15, 0.2) is 0 Å². The number of carboxylic acids is 1. The molecule has 0 spiro atoms. The van der Waals surface area contributed by atoms with Crippen molar-refractivity contribution in [1.82, 2.24) is 10.2 Å². The number of carboxylic acid groups (broad SMARTS) is 1. The minimum atomic E-state index is -1.08. The monoisotopic (exact) mass is 278 g/mol. The molecule has 1 heterocycles. The number of hydrogen-bond acceptors (Lipinski definition) is 2. The van der Waals surface area contributed by atoms with Gasteiger partial charge in [0.25, 0.3) is 0 Å². The van der Waals surface area contributed by atoms with Gasteiger partial charge in [-0.05, 0) is 31.6 Å². The number of nitrogens with zero attached hydrogens (tertiary/aromatic N) is 1. The first-order valence-corrected chi connectivity index (χ1v) is 7.37. The molecule has 1 aliphatic heterocycles. The topological polar surface area (TPSA) is 69.6 Å². The van der Waals surface area contributed by atoms with E-state index < -0.39 is 12.0 Å². The van der Waals surface area contributed by atoms with Crippen LogP contribution in [0.3, 0.4) is 0 Å². The fraction of sp³-hybridized carbons (Fsp3) is 0.733. The highest BCUT2D eigenvalue weighted by Crippen LogP contribution is 2.35. The molecule has 1 unspecified atom stereocenters. The van der Waals surface area contributed by atoms with Gasteiger partial charge in [-0.25, -0.2) is 9.59 Å². The number of nitrogens with one attached hydrogen (secondary N) is 1. The highest BCUT2D eigenvalue weighted by Gasteiger charge is 2.36. The van der Waals surface area contributed by atoms with Crippen LogP contribution in [0.5, 0.6) is 0 Å². The van der Waals surface area contributed by atoms with Gasteiger partial charge in [-0.1, -0.05) is 12.8 Å². The minimum Gasteiger partial charge on any atom is -0.480 e. The number of hydrogen-bond donors (Lipinski definition) is 2. The Morgan fingerprint density at radius 1 is 1.30 bits per heavy atom. The summed E-state index contributed by atoms with van der Waals surface area (Å²) in [7, 11) is 0. The van der Waals surface area contributed by atoms with Crippen molar-refractivity contribution in [2.45, 2.75) is 57.0 Å². The molecule has 2 aliphatic rings. The predicted octanol–water partition coefficient (Wildman–Crippen LogP) is 1.83. The molecule has 0 aromatic heterocycles. The first-order chi connectivity index (χ1) is 9.63. The van der Waals surface area contributed by atoms with Crippen LogP contribution >= 0.6 is 0 Å². The average Bonchev–Trinajstić information content (AvgIpc) is 2.46. The number of rotatable bonds is 3. The quantitative estimate of drug-likeness (QED) is 0.774. The van der Waals surface area contributed by atoms with Crippen LogP contribution < -0.4 is 5.32 Å². The molecule has 0 aromatic carbocycles. The zero-order valence-corrected chi connectivity index (χ0v) is 11.7. The number of amides is 2. The molecular weight excluding hydrogens is 256 g/mol. The fourth-order valence-electron chi connectivity index (χ4n) is 3.43. The SMILES string of the molecule is C#CCC(NC(=O)N1CCC[C@H]2CCCC[C@H]21)C(=O)O. The molecule has 1 saturated carbocycles. The second kappa shape index (κ2) is 6.65. The van der Waals surface area contributed by atoms with Gasteiger partial charge in [-0.2, -0.15) is 0 Å². The van der Waals surface area contributed by atoms with Crippen LogP contribution in [-0.2, 0) is 4.79 Å². The lowest BCUT2D eigenvalue weighted by atomic mass is 9.78. The Labute approximate surface area is 119 Å². The molecule has 3 atom stereocenters. The molecule has 2 rings (SSSR count). The van der Waals surface area contributed by atoms with Crippen LogP contribution in [0.1, 0.15) is 44.9 Å². The Morgan fingerprint density at radius 3 is 2.70 bits per heavy atom. The fourth-order valence-corrected chi connectivity index (χ4v) is 3.43. The zero-order valence-electron chi connectivity index (χ0n) is 11.7. The minimum absolute atomic E-state index is 0.0169. The number of carbonyl (C=O) groups excluding carboxylic acids is 1. The lowest BCUT2D eigenvalue weighted by Gasteiger charge is -2.44. The molecule has 2 fully saturated rings. The number of piperidine rings is 1. The second-order valence-corrected chi connectivity index (χ2v) is 5.70. The summed E-state index contributed by atoms with van der Waals surface area (Å²) in [4.78, 5) is 25.2. The summed E-state index contributed by atoms with van der Waals surface area (Å²) in [6.45, 7) is 0.718. The van der Waals surface area contributed by atoms with E-state index in [-0.39, 0.29) is 18.5 Å². The Morgan fingerprint density at radius 2 is 2.00 bits per heavy atom. The van der Waals surface area contributed by atoms with Crippen LogP contribution in [-0.4, -0.2) is 40.6 Å². The van der Waals surface area contributed by atoms with Crippen LogP contribution in [0.2, 0.25) is 0 Å². The number of urea groups is 1. The molecule has 0 bridgehead atoms. The smallest absolute Gasteiger partial charge is 0.327 e. The lowest BCUT2D eigenvalue weighted by Crippen LogP contribution is -2.55. The summed E-state index contributed by atoms with van der Waals surface area (Å²) in [5, 5.41) is 11.6.